The summed E-state index contributed by atoms with van der Waals surface area (Å²) in [5.74, 6) is -4.47. The molecule has 10 nitrogen and oxygen atoms in total. The Morgan fingerprint density at radius 3 is 2.00 bits per heavy atom. The molecule has 1 atom stereocenters. The van der Waals surface area contributed by atoms with E-state index in [4.69, 9.17) is 10.5 Å². The molecule has 0 radical (unpaired) electrons. The second-order valence-electron chi connectivity index (χ2n) is 5.01. The van der Waals surface area contributed by atoms with E-state index >= 15 is 0 Å². The summed E-state index contributed by atoms with van der Waals surface area (Å²) in [6, 6.07) is 0. The molecular formula is C15H26N2O8. The SMILES string of the molecule is CCCCC(O)(NC(=O)CN)C(=O)OC(C(=O)OCC)C(=O)OCC. The van der Waals surface area contributed by atoms with Gasteiger partial charge in [-0.1, -0.05) is 13.3 Å². The van der Waals surface area contributed by atoms with Crippen LogP contribution in [0.5, 0.6) is 0 Å². The minimum atomic E-state index is -2.43. The van der Waals surface area contributed by atoms with Crippen LogP contribution in [0.1, 0.15) is 40.0 Å². The van der Waals surface area contributed by atoms with Gasteiger partial charge in [-0.15, -0.1) is 0 Å². The summed E-state index contributed by atoms with van der Waals surface area (Å²) in [5.41, 5.74) is 2.73. The molecule has 1 amide bonds. The lowest BCUT2D eigenvalue weighted by atomic mass is 10.1. The molecule has 25 heavy (non-hydrogen) atoms. The van der Waals surface area contributed by atoms with Crippen molar-refractivity contribution in [1.29, 1.82) is 0 Å². The zero-order chi connectivity index (χ0) is 19.5. The van der Waals surface area contributed by atoms with Crippen LogP contribution in [0.3, 0.4) is 0 Å². The zero-order valence-electron chi connectivity index (χ0n) is 14.7. The number of amides is 1. The largest absolute Gasteiger partial charge is 0.463 e. The molecule has 4 N–H and O–H groups in total. The maximum atomic E-state index is 12.3. The third-order valence-corrected chi connectivity index (χ3v) is 2.99. The number of carbonyl (C=O) groups is 4. The molecule has 0 aliphatic heterocycles. The number of carbonyl (C=O) groups excluding carboxylic acids is 4. The molecule has 0 saturated carbocycles. The molecule has 0 rings (SSSR count). The minimum absolute atomic E-state index is 0.0592. The molecule has 0 bridgehead atoms. The fourth-order valence-corrected chi connectivity index (χ4v) is 1.76. The van der Waals surface area contributed by atoms with Crippen LogP contribution in [0.2, 0.25) is 0 Å². The van der Waals surface area contributed by atoms with Crippen molar-refractivity contribution < 1.29 is 38.5 Å². The van der Waals surface area contributed by atoms with Crippen molar-refractivity contribution in [2.75, 3.05) is 19.8 Å². The number of rotatable bonds is 11. The van der Waals surface area contributed by atoms with Gasteiger partial charge >= 0.3 is 17.9 Å². The first-order chi connectivity index (χ1) is 11.7. The third kappa shape index (κ3) is 7.48. The van der Waals surface area contributed by atoms with Crippen molar-refractivity contribution in [2.45, 2.75) is 51.9 Å². The number of nitrogens with one attached hydrogen (secondary N) is 1. The predicted molar refractivity (Wildman–Crippen MR) is 84.8 cm³/mol. The van der Waals surface area contributed by atoms with Gasteiger partial charge in [0.05, 0.1) is 19.8 Å². The molecule has 1 unspecified atom stereocenters. The molecular weight excluding hydrogens is 336 g/mol. The van der Waals surface area contributed by atoms with E-state index in [-0.39, 0.29) is 19.6 Å². The summed E-state index contributed by atoms with van der Waals surface area (Å²) in [6.45, 7) is 4.21. The second kappa shape index (κ2) is 11.4. The molecule has 0 saturated heterocycles. The average Bonchev–Trinajstić information content (AvgIpc) is 2.57. The summed E-state index contributed by atoms with van der Waals surface area (Å²) < 4.78 is 14.1. The number of esters is 3. The van der Waals surface area contributed by atoms with Gasteiger partial charge in [0.1, 0.15) is 0 Å². The number of ether oxygens (including phenoxy) is 3. The molecule has 0 fully saturated rings. The van der Waals surface area contributed by atoms with Crippen molar-refractivity contribution in [3.8, 4) is 0 Å². The van der Waals surface area contributed by atoms with Crippen LogP contribution in [0.25, 0.3) is 0 Å². The van der Waals surface area contributed by atoms with Crippen molar-refractivity contribution in [2.24, 2.45) is 5.73 Å². The van der Waals surface area contributed by atoms with E-state index in [1.54, 1.807) is 6.92 Å². The van der Waals surface area contributed by atoms with Crippen LogP contribution in [-0.2, 0) is 33.4 Å². The maximum absolute atomic E-state index is 12.3. The molecule has 0 aliphatic rings. The summed E-state index contributed by atoms with van der Waals surface area (Å²) in [5, 5.41) is 12.5. The lowest BCUT2D eigenvalue weighted by Gasteiger charge is -2.28. The van der Waals surface area contributed by atoms with E-state index in [0.717, 1.165) is 0 Å². The highest BCUT2D eigenvalue weighted by Gasteiger charge is 2.43. The summed E-state index contributed by atoms with van der Waals surface area (Å²) in [4.78, 5) is 47.4. The third-order valence-electron chi connectivity index (χ3n) is 2.99. The first kappa shape index (κ1) is 22.8. The average molecular weight is 362 g/mol. The normalized spacial score (nSPS) is 12.9. The van der Waals surface area contributed by atoms with E-state index in [1.807, 2.05) is 5.32 Å². The monoisotopic (exact) mass is 362 g/mol. The van der Waals surface area contributed by atoms with Gasteiger partial charge < -0.3 is 30.4 Å². The molecule has 0 spiro atoms. The topological polar surface area (TPSA) is 154 Å². The van der Waals surface area contributed by atoms with Crippen molar-refractivity contribution >= 4 is 23.8 Å². The van der Waals surface area contributed by atoms with Gasteiger partial charge in [-0.25, -0.2) is 14.4 Å². The van der Waals surface area contributed by atoms with Crippen LogP contribution in [0.15, 0.2) is 0 Å². The number of hydrogen-bond acceptors (Lipinski definition) is 9. The number of unbranched alkanes of at least 4 members (excludes halogenated alkanes) is 1. The Balaban J connectivity index is 5.37. The number of hydrogen-bond donors (Lipinski definition) is 3. The molecule has 0 aliphatic carbocycles. The quantitative estimate of drug-likeness (QED) is 0.181. The zero-order valence-corrected chi connectivity index (χ0v) is 14.7. The van der Waals surface area contributed by atoms with Crippen molar-refractivity contribution in [3.05, 3.63) is 0 Å². The Morgan fingerprint density at radius 1 is 1.08 bits per heavy atom. The van der Waals surface area contributed by atoms with Crippen molar-refractivity contribution in [1.82, 2.24) is 5.32 Å². The van der Waals surface area contributed by atoms with E-state index in [0.29, 0.717) is 12.8 Å². The number of aliphatic hydroxyl groups is 1. The molecule has 144 valence electrons. The molecule has 0 heterocycles. The summed E-state index contributed by atoms with van der Waals surface area (Å²) in [6.07, 6.45) is -1.23. The second-order valence-corrected chi connectivity index (χ2v) is 5.01. The lowest BCUT2D eigenvalue weighted by Crippen LogP contribution is -2.58. The first-order valence-electron chi connectivity index (χ1n) is 8.03. The maximum Gasteiger partial charge on any atom is 0.361 e. The van der Waals surface area contributed by atoms with Crippen LogP contribution in [0.4, 0.5) is 0 Å². The van der Waals surface area contributed by atoms with Gasteiger partial charge in [0.15, 0.2) is 0 Å². The van der Waals surface area contributed by atoms with E-state index in [9.17, 15) is 24.3 Å². The van der Waals surface area contributed by atoms with Gasteiger partial charge in [0.2, 0.25) is 11.6 Å². The Kier molecular flexibility index (Phi) is 10.4. The fourth-order valence-electron chi connectivity index (χ4n) is 1.76. The smallest absolute Gasteiger partial charge is 0.361 e. The van der Waals surface area contributed by atoms with Gasteiger partial charge in [-0.2, -0.15) is 0 Å². The Bertz CT molecular complexity index is 464. The fraction of sp³-hybridized carbons (Fsp3) is 0.733. The Hall–Kier alpha value is -2.20. The molecule has 10 heteroatoms. The standard InChI is InChI=1S/C15H26N2O8/c1-4-7-8-15(22,17-10(18)9-16)14(21)25-11(12(19)23-5-2)13(20)24-6-3/h11,22H,4-9,16H2,1-3H3,(H,17,18). The summed E-state index contributed by atoms with van der Waals surface area (Å²) >= 11 is 0. The van der Waals surface area contributed by atoms with Crippen LogP contribution < -0.4 is 11.1 Å². The first-order valence-corrected chi connectivity index (χ1v) is 8.03. The van der Waals surface area contributed by atoms with E-state index in [2.05, 4.69) is 9.47 Å². The van der Waals surface area contributed by atoms with Gasteiger partial charge in [-0.3, -0.25) is 4.79 Å². The van der Waals surface area contributed by atoms with Gasteiger partial charge in [-0.05, 0) is 20.3 Å². The highest BCUT2D eigenvalue weighted by Crippen LogP contribution is 2.16. The lowest BCUT2D eigenvalue weighted by molar-refractivity contribution is -0.192. The minimum Gasteiger partial charge on any atom is -0.463 e. The molecule has 0 aromatic rings. The van der Waals surface area contributed by atoms with Gasteiger partial charge in [0.25, 0.3) is 6.10 Å². The highest BCUT2D eigenvalue weighted by molar-refractivity contribution is 6.00. The number of nitrogens with two attached hydrogens (primary N) is 1. The van der Waals surface area contributed by atoms with E-state index < -0.39 is 42.2 Å². The van der Waals surface area contributed by atoms with Crippen molar-refractivity contribution in [3.63, 3.8) is 0 Å². The van der Waals surface area contributed by atoms with Crippen LogP contribution in [0, 0.1) is 0 Å². The Labute approximate surface area is 146 Å². The van der Waals surface area contributed by atoms with Gasteiger partial charge in [0, 0.05) is 6.42 Å². The summed E-state index contributed by atoms with van der Waals surface area (Å²) in [7, 11) is 0. The molecule has 0 aromatic heterocycles. The highest BCUT2D eigenvalue weighted by atomic mass is 16.6. The van der Waals surface area contributed by atoms with E-state index in [1.165, 1.54) is 13.8 Å². The molecule has 0 aromatic carbocycles. The predicted octanol–water partition coefficient (Wildman–Crippen LogP) is -1.02. The van der Waals surface area contributed by atoms with Crippen LogP contribution in [-0.4, -0.2) is 60.5 Å². The van der Waals surface area contributed by atoms with Crippen LogP contribution >= 0.6 is 0 Å². The Morgan fingerprint density at radius 2 is 1.60 bits per heavy atom.